The van der Waals surface area contributed by atoms with Gasteiger partial charge >= 0.3 is 0 Å². The van der Waals surface area contributed by atoms with Crippen LogP contribution in [0.15, 0.2) is 67.0 Å². The smallest absolute Gasteiger partial charge is 0.119 e. The van der Waals surface area contributed by atoms with Crippen molar-refractivity contribution < 1.29 is 4.74 Å². The molecule has 0 radical (unpaired) electrons. The standard InChI is InChI=1S/C16H15N3O/c17-14-4-8-16(9-5-14)20-12-13-2-6-15(7-3-13)19-11-1-10-18-19/h1-11H,12,17H2. The molecule has 0 atom stereocenters. The average Bonchev–Trinajstić information content (AvgIpc) is 3.01. The molecule has 1 heterocycles. The molecule has 4 nitrogen and oxygen atoms in total. The molecule has 4 heteroatoms. The van der Waals surface area contributed by atoms with Crippen LogP contribution in [0.4, 0.5) is 5.69 Å². The lowest BCUT2D eigenvalue weighted by Crippen LogP contribution is -1.98. The van der Waals surface area contributed by atoms with E-state index in [1.165, 1.54) is 0 Å². The highest BCUT2D eigenvalue weighted by atomic mass is 16.5. The summed E-state index contributed by atoms with van der Waals surface area (Å²) < 4.78 is 7.52. The maximum absolute atomic E-state index is 5.70. The minimum atomic E-state index is 0.531. The van der Waals surface area contributed by atoms with Gasteiger partial charge in [0.1, 0.15) is 12.4 Å². The first-order chi connectivity index (χ1) is 9.81. The van der Waals surface area contributed by atoms with E-state index in [0.717, 1.165) is 22.7 Å². The molecule has 0 bridgehead atoms. The van der Waals surface area contributed by atoms with E-state index in [9.17, 15) is 0 Å². The van der Waals surface area contributed by atoms with Crippen molar-refractivity contribution in [2.45, 2.75) is 6.61 Å². The normalized spacial score (nSPS) is 10.4. The van der Waals surface area contributed by atoms with E-state index >= 15 is 0 Å². The van der Waals surface area contributed by atoms with Crippen molar-refractivity contribution in [2.75, 3.05) is 5.73 Å². The summed E-state index contributed by atoms with van der Waals surface area (Å²) in [5.41, 5.74) is 8.51. The Hall–Kier alpha value is -2.75. The molecule has 3 rings (SSSR count). The summed E-state index contributed by atoms with van der Waals surface area (Å²) in [6.45, 7) is 0.531. The molecular formula is C16H15N3O. The van der Waals surface area contributed by atoms with Crippen LogP contribution in [-0.2, 0) is 6.61 Å². The fourth-order valence-corrected chi connectivity index (χ4v) is 1.90. The first kappa shape index (κ1) is 12.3. The minimum Gasteiger partial charge on any atom is -0.489 e. The Morgan fingerprint density at radius 1 is 1.00 bits per heavy atom. The number of ether oxygens (including phenoxy) is 1. The highest BCUT2D eigenvalue weighted by Crippen LogP contribution is 2.15. The van der Waals surface area contributed by atoms with Crippen molar-refractivity contribution in [3.05, 3.63) is 72.6 Å². The van der Waals surface area contributed by atoms with Crippen LogP contribution in [0.1, 0.15) is 5.56 Å². The topological polar surface area (TPSA) is 53.1 Å². The van der Waals surface area contributed by atoms with Gasteiger partial charge in [-0.3, -0.25) is 0 Å². The maximum Gasteiger partial charge on any atom is 0.119 e. The average molecular weight is 265 g/mol. The lowest BCUT2D eigenvalue weighted by atomic mass is 10.2. The van der Waals surface area contributed by atoms with Gasteiger partial charge in [-0.2, -0.15) is 5.10 Å². The van der Waals surface area contributed by atoms with E-state index in [-0.39, 0.29) is 0 Å². The molecule has 3 aromatic rings. The molecule has 20 heavy (non-hydrogen) atoms. The van der Waals surface area contributed by atoms with Gasteiger partial charge in [0.25, 0.3) is 0 Å². The van der Waals surface area contributed by atoms with Crippen LogP contribution in [0.25, 0.3) is 5.69 Å². The zero-order valence-electron chi connectivity index (χ0n) is 10.9. The van der Waals surface area contributed by atoms with E-state index < -0.39 is 0 Å². The molecule has 2 aromatic carbocycles. The lowest BCUT2D eigenvalue weighted by molar-refractivity contribution is 0.306. The van der Waals surface area contributed by atoms with Crippen molar-refractivity contribution in [1.82, 2.24) is 9.78 Å². The summed E-state index contributed by atoms with van der Waals surface area (Å²) in [6, 6.07) is 17.4. The van der Waals surface area contributed by atoms with Crippen LogP contribution < -0.4 is 10.5 Å². The molecular weight excluding hydrogens is 250 g/mol. The molecule has 0 aliphatic heterocycles. The SMILES string of the molecule is Nc1ccc(OCc2ccc(-n3cccn3)cc2)cc1. The van der Waals surface area contributed by atoms with Gasteiger partial charge in [-0.15, -0.1) is 0 Å². The predicted octanol–water partition coefficient (Wildman–Crippen LogP) is 3.03. The number of hydrogen-bond acceptors (Lipinski definition) is 3. The van der Waals surface area contributed by atoms with Gasteiger partial charge in [0.15, 0.2) is 0 Å². The summed E-state index contributed by atoms with van der Waals surface area (Å²) in [4.78, 5) is 0. The molecule has 0 aliphatic carbocycles. The predicted molar refractivity (Wildman–Crippen MR) is 78.8 cm³/mol. The Morgan fingerprint density at radius 2 is 1.75 bits per heavy atom. The summed E-state index contributed by atoms with van der Waals surface area (Å²) in [6.07, 6.45) is 3.68. The second-order valence-electron chi connectivity index (χ2n) is 4.47. The Kier molecular flexibility index (Phi) is 3.37. The Labute approximate surface area is 117 Å². The van der Waals surface area contributed by atoms with Crippen LogP contribution in [0, 0.1) is 0 Å². The number of nitrogens with zero attached hydrogens (tertiary/aromatic N) is 2. The van der Waals surface area contributed by atoms with Crippen LogP contribution in [0.3, 0.4) is 0 Å². The summed E-state index contributed by atoms with van der Waals surface area (Å²) in [5, 5.41) is 4.19. The summed E-state index contributed by atoms with van der Waals surface area (Å²) in [7, 11) is 0. The van der Waals surface area contributed by atoms with Gasteiger partial charge in [-0.1, -0.05) is 12.1 Å². The Balaban J connectivity index is 1.65. The second kappa shape index (κ2) is 5.48. The number of aromatic nitrogens is 2. The van der Waals surface area contributed by atoms with Crippen molar-refractivity contribution in [3.8, 4) is 11.4 Å². The van der Waals surface area contributed by atoms with E-state index in [1.807, 2.05) is 65.5 Å². The Morgan fingerprint density at radius 3 is 2.40 bits per heavy atom. The van der Waals surface area contributed by atoms with Crippen LogP contribution in [-0.4, -0.2) is 9.78 Å². The van der Waals surface area contributed by atoms with Crippen molar-refractivity contribution in [1.29, 1.82) is 0 Å². The second-order valence-corrected chi connectivity index (χ2v) is 4.47. The fraction of sp³-hybridized carbons (Fsp3) is 0.0625. The third-order valence-corrected chi connectivity index (χ3v) is 2.99. The summed E-state index contributed by atoms with van der Waals surface area (Å²) in [5.74, 6) is 0.815. The van der Waals surface area contributed by atoms with Crippen molar-refractivity contribution in [2.24, 2.45) is 0 Å². The number of rotatable bonds is 4. The van der Waals surface area contributed by atoms with Crippen LogP contribution >= 0.6 is 0 Å². The van der Waals surface area contributed by atoms with Gasteiger partial charge < -0.3 is 10.5 Å². The highest BCUT2D eigenvalue weighted by Gasteiger charge is 1.99. The fourth-order valence-electron chi connectivity index (χ4n) is 1.90. The van der Waals surface area contributed by atoms with E-state index in [1.54, 1.807) is 6.20 Å². The number of hydrogen-bond donors (Lipinski definition) is 1. The van der Waals surface area contributed by atoms with Crippen molar-refractivity contribution in [3.63, 3.8) is 0 Å². The zero-order chi connectivity index (χ0) is 13.8. The first-order valence-electron chi connectivity index (χ1n) is 6.38. The number of nitrogens with two attached hydrogens (primary N) is 1. The summed E-state index contributed by atoms with van der Waals surface area (Å²) >= 11 is 0. The molecule has 0 unspecified atom stereocenters. The molecule has 0 saturated heterocycles. The van der Waals surface area contributed by atoms with Gasteiger partial charge in [0, 0.05) is 18.1 Å². The molecule has 0 amide bonds. The molecule has 0 saturated carbocycles. The minimum absolute atomic E-state index is 0.531. The van der Waals surface area contributed by atoms with Gasteiger partial charge in [-0.25, -0.2) is 4.68 Å². The zero-order valence-corrected chi connectivity index (χ0v) is 10.9. The molecule has 100 valence electrons. The Bertz CT molecular complexity index is 658. The third kappa shape index (κ3) is 2.80. The van der Waals surface area contributed by atoms with E-state index in [4.69, 9.17) is 10.5 Å². The van der Waals surface area contributed by atoms with Crippen molar-refractivity contribution >= 4 is 5.69 Å². The molecule has 1 aromatic heterocycles. The molecule has 2 N–H and O–H groups in total. The maximum atomic E-state index is 5.70. The largest absolute Gasteiger partial charge is 0.489 e. The quantitative estimate of drug-likeness (QED) is 0.738. The van der Waals surface area contributed by atoms with Gasteiger partial charge in [0.05, 0.1) is 5.69 Å². The van der Waals surface area contributed by atoms with E-state index in [2.05, 4.69) is 5.10 Å². The molecule has 0 fully saturated rings. The third-order valence-electron chi connectivity index (χ3n) is 2.99. The first-order valence-corrected chi connectivity index (χ1v) is 6.38. The van der Waals surface area contributed by atoms with Gasteiger partial charge in [0.2, 0.25) is 0 Å². The number of benzene rings is 2. The molecule has 0 spiro atoms. The number of anilines is 1. The van der Waals surface area contributed by atoms with E-state index in [0.29, 0.717) is 6.61 Å². The van der Waals surface area contributed by atoms with Gasteiger partial charge in [-0.05, 0) is 48.0 Å². The number of nitrogen functional groups attached to an aromatic ring is 1. The van der Waals surface area contributed by atoms with Crippen LogP contribution in [0.5, 0.6) is 5.75 Å². The monoisotopic (exact) mass is 265 g/mol. The van der Waals surface area contributed by atoms with Crippen LogP contribution in [0.2, 0.25) is 0 Å². The molecule has 0 aliphatic rings. The lowest BCUT2D eigenvalue weighted by Gasteiger charge is -2.07. The highest BCUT2D eigenvalue weighted by molar-refractivity contribution is 5.41.